The Balaban J connectivity index is 1.66. The number of hydrogen-bond donors (Lipinski definition) is 0. The minimum absolute atomic E-state index is 0.0814. The molecule has 0 saturated carbocycles. The molecule has 1 unspecified atom stereocenters. The predicted octanol–water partition coefficient (Wildman–Crippen LogP) is 4.18. The first kappa shape index (κ1) is 29.3. The highest BCUT2D eigenvalue weighted by atomic mass is 32.2. The van der Waals surface area contributed by atoms with Crippen molar-refractivity contribution in [2.45, 2.75) is 50.4 Å². The molecule has 1 saturated heterocycles. The van der Waals surface area contributed by atoms with E-state index in [0.717, 1.165) is 39.0 Å². The quantitative estimate of drug-likeness (QED) is 0.389. The molecule has 0 bridgehead atoms. The zero-order valence-corrected chi connectivity index (χ0v) is 25.2. The second kappa shape index (κ2) is 12.0. The molecule has 0 radical (unpaired) electrons. The molecule has 3 heterocycles. The molecule has 2 aromatic carbocycles. The summed E-state index contributed by atoms with van der Waals surface area (Å²) in [4.78, 5) is 38.0. The Labute approximate surface area is 244 Å². The predicted molar refractivity (Wildman–Crippen MR) is 163 cm³/mol. The SMILES string of the molecule is C=CC(=O)N1[C@H](C)CN(c2nc(=O)n3c4c(c(-c5ccc(F)cc5)c(C)cc24)SCC(OCCN(C)C)C3)C[C@@H]1C. The molecule has 3 atom stereocenters. The summed E-state index contributed by atoms with van der Waals surface area (Å²) in [6.07, 6.45) is 1.18. The number of halogens is 1. The van der Waals surface area contributed by atoms with E-state index in [4.69, 9.17) is 4.74 Å². The van der Waals surface area contributed by atoms with Crippen LogP contribution in [0.2, 0.25) is 0 Å². The lowest BCUT2D eigenvalue weighted by molar-refractivity contribution is -0.130. The number of benzene rings is 2. The van der Waals surface area contributed by atoms with E-state index in [0.29, 0.717) is 37.8 Å². The van der Waals surface area contributed by atoms with E-state index < -0.39 is 0 Å². The summed E-state index contributed by atoms with van der Waals surface area (Å²) in [7, 11) is 4.01. The van der Waals surface area contributed by atoms with E-state index in [9.17, 15) is 14.0 Å². The maximum atomic E-state index is 13.9. The topological polar surface area (TPSA) is 70.9 Å². The molecule has 0 N–H and O–H groups in total. The summed E-state index contributed by atoms with van der Waals surface area (Å²) in [5.74, 6) is 0.920. The van der Waals surface area contributed by atoms with Gasteiger partial charge < -0.3 is 19.4 Å². The maximum Gasteiger partial charge on any atom is 0.350 e. The summed E-state index contributed by atoms with van der Waals surface area (Å²) in [5, 5.41) is 0.896. The third-order valence-electron chi connectivity index (χ3n) is 7.87. The average molecular weight is 580 g/mol. The highest BCUT2D eigenvalue weighted by Crippen LogP contribution is 2.43. The number of anilines is 1. The van der Waals surface area contributed by atoms with Gasteiger partial charge in [0.1, 0.15) is 11.6 Å². The number of hydrogen-bond acceptors (Lipinski definition) is 7. The van der Waals surface area contributed by atoms with Gasteiger partial charge in [-0.2, -0.15) is 4.98 Å². The summed E-state index contributed by atoms with van der Waals surface area (Å²) < 4.78 is 21.9. The van der Waals surface area contributed by atoms with Crippen molar-refractivity contribution in [1.82, 2.24) is 19.4 Å². The van der Waals surface area contributed by atoms with Gasteiger partial charge in [0.05, 0.1) is 24.8 Å². The summed E-state index contributed by atoms with van der Waals surface area (Å²) in [6, 6.07) is 8.46. The fourth-order valence-electron chi connectivity index (χ4n) is 6.02. The second-order valence-corrected chi connectivity index (χ2v) is 12.3. The highest BCUT2D eigenvalue weighted by molar-refractivity contribution is 7.99. The van der Waals surface area contributed by atoms with Crippen molar-refractivity contribution in [2.24, 2.45) is 0 Å². The Kier molecular flexibility index (Phi) is 8.54. The van der Waals surface area contributed by atoms with Crippen LogP contribution >= 0.6 is 11.8 Å². The van der Waals surface area contributed by atoms with Crippen molar-refractivity contribution in [3.63, 3.8) is 0 Å². The summed E-state index contributed by atoms with van der Waals surface area (Å²) >= 11 is 1.68. The maximum absolute atomic E-state index is 13.9. The van der Waals surface area contributed by atoms with Crippen molar-refractivity contribution in [2.75, 3.05) is 51.0 Å². The van der Waals surface area contributed by atoms with Crippen LogP contribution in [-0.2, 0) is 16.1 Å². The number of aromatic nitrogens is 2. The van der Waals surface area contributed by atoms with Gasteiger partial charge in [0.25, 0.3) is 0 Å². The second-order valence-electron chi connectivity index (χ2n) is 11.3. The van der Waals surface area contributed by atoms with Gasteiger partial charge in [-0.15, -0.1) is 11.8 Å². The van der Waals surface area contributed by atoms with Crippen molar-refractivity contribution < 1.29 is 13.9 Å². The van der Waals surface area contributed by atoms with Gasteiger partial charge in [0.2, 0.25) is 5.91 Å². The fraction of sp³-hybridized carbons (Fsp3) is 0.452. The number of ether oxygens (including phenoxy) is 1. The molecular formula is C31H38FN5O3S. The van der Waals surface area contributed by atoms with Gasteiger partial charge in [-0.3, -0.25) is 9.36 Å². The minimum Gasteiger partial charge on any atom is -0.374 e. The van der Waals surface area contributed by atoms with E-state index >= 15 is 0 Å². The largest absolute Gasteiger partial charge is 0.374 e. The number of carbonyl (C=O) groups is 1. The van der Waals surface area contributed by atoms with Crippen LogP contribution in [0.15, 0.2) is 52.7 Å². The molecule has 1 amide bonds. The smallest absolute Gasteiger partial charge is 0.350 e. The number of aryl methyl sites for hydroxylation is 1. The normalized spacial score (nSPS) is 20.9. The van der Waals surface area contributed by atoms with Crippen molar-refractivity contribution >= 4 is 34.4 Å². The Morgan fingerprint density at radius 3 is 2.51 bits per heavy atom. The van der Waals surface area contributed by atoms with E-state index in [-0.39, 0.29) is 35.6 Å². The molecule has 41 heavy (non-hydrogen) atoms. The highest BCUT2D eigenvalue weighted by Gasteiger charge is 2.34. The standard InChI is InChI=1S/C31H38FN5O3S/c1-7-26(38)37-20(3)15-35(16-21(37)4)30-25-14-19(2)27(22-8-10-23(32)11-9-22)29-28(25)36(31(39)33-30)17-24(18-41-29)40-13-12-34(5)6/h7-11,14,20-21,24H,1,12-13,15-18H2,2-6H3/t20-,21+,24?. The van der Waals surface area contributed by atoms with Crippen LogP contribution in [0.5, 0.6) is 0 Å². The molecular weight excluding hydrogens is 541 g/mol. The lowest BCUT2D eigenvalue weighted by Gasteiger charge is -2.44. The van der Waals surface area contributed by atoms with Gasteiger partial charge in [-0.25, -0.2) is 9.18 Å². The van der Waals surface area contributed by atoms with Gasteiger partial charge in [0, 0.05) is 53.3 Å². The average Bonchev–Trinajstić information content (AvgIpc) is 3.11. The lowest BCUT2D eigenvalue weighted by Crippen LogP contribution is -2.58. The summed E-state index contributed by atoms with van der Waals surface area (Å²) in [5.41, 5.74) is 3.42. The lowest BCUT2D eigenvalue weighted by atomic mass is 9.97. The number of likely N-dealkylation sites (N-methyl/N-ethyl adjacent to an activating group) is 1. The van der Waals surface area contributed by atoms with Crippen LogP contribution in [0.25, 0.3) is 22.0 Å². The van der Waals surface area contributed by atoms with E-state index in [1.54, 1.807) is 28.5 Å². The summed E-state index contributed by atoms with van der Waals surface area (Å²) in [6.45, 7) is 12.6. The number of rotatable bonds is 7. The number of piperazine rings is 1. The van der Waals surface area contributed by atoms with E-state index in [2.05, 4.69) is 34.4 Å². The zero-order chi connectivity index (χ0) is 29.4. The van der Waals surface area contributed by atoms with Crippen molar-refractivity contribution in [3.05, 3.63) is 64.9 Å². The van der Waals surface area contributed by atoms with E-state index in [1.165, 1.54) is 18.2 Å². The number of amides is 1. The third kappa shape index (κ3) is 5.78. The van der Waals surface area contributed by atoms with Gasteiger partial charge >= 0.3 is 5.69 Å². The number of nitrogens with zero attached hydrogens (tertiary/aromatic N) is 5. The van der Waals surface area contributed by atoms with Gasteiger partial charge in [-0.1, -0.05) is 18.7 Å². The molecule has 10 heteroatoms. The van der Waals surface area contributed by atoms with Gasteiger partial charge in [0.15, 0.2) is 0 Å². The monoisotopic (exact) mass is 579 g/mol. The Bertz CT molecular complexity index is 1510. The van der Waals surface area contributed by atoms with Crippen molar-refractivity contribution in [1.29, 1.82) is 0 Å². The molecule has 5 rings (SSSR count). The molecule has 218 valence electrons. The Hall–Kier alpha value is -3.21. The van der Waals surface area contributed by atoms with Crippen molar-refractivity contribution in [3.8, 4) is 11.1 Å². The minimum atomic E-state index is -0.323. The van der Waals surface area contributed by atoms with E-state index in [1.807, 2.05) is 32.8 Å². The van der Waals surface area contributed by atoms with Crippen LogP contribution in [0.1, 0.15) is 19.4 Å². The first-order valence-electron chi connectivity index (χ1n) is 14.0. The molecule has 3 aromatic rings. The van der Waals surface area contributed by atoms with Crippen LogP contribution in [0, 0.1) is 12.7 Å². The molecule has 8 nitrogen and oxygen atoms in total. The zero-order valence-electron chi connectivity index (χ0n) is 24.4. The molecule has 2 aliphatic rings. The van der Waals surface area contributed by atoms with Crippen LogP contribution in [0.4, 0.5) is 10.2 Å². The first-order valence-corrected chi connectivity index (χ1v) is 15.0. The van der Waals surface area contributed by atoms with Gasteiger partial charge in [-0.05, 0) is 70.3 Å². The molecule has 0 aliphatic carbocycles. The van der Waals surface area contributed by atoms with Crippen LogP contribution < -0.4 is 10.6 Å². The molecule has 1 aromatic heterocycles. The number of thioether (sulfide) groups is 1. The third-order valence-corrected chi connectivity index (χ3v) is 9.09. The first-order chi connectivity index (χ1) is 19.6. The van der Waals surface area contributed by atoms with Crippen LogP contribution in [0.3, 0.4) is 0 Å². The molecule has 1 fully saturated rings. The molecule has 2 aliphatic heterocycles. The Morgan fingerprint density at radius 2 is 1.88 bits per heavy atom. The Morgan fingerprint density at radius 1 is 1.20 bits per heavy atom. The van der Waals surface area contributed by atoms with Crippen LogP contribution in [-0.4, -0.2) is 89.5 Å². The fourth-order valence-corrected chi connectivity index (χ4v) is 7.35. The number of carbonyl (C=O) groups excluding carboxylic acids is 1. The molecule has 0 spiro atoms.